The Hall–Kier alpha value is -3.23. The number of anilines is 1. The lowest BCUT2D eigenvalue weighted by molar-refractivity contribution is -0.00546. The molecular formula is C24H24N4O3S. The highest BCUT2D eigenvalue weighted by Gasteiger charge is 2.23. The van der Waals surface area contributed by atoms with Crippen molar-refractivity contribution in [3.05, 3.63) is 66.1 Å². The van der Waals surface area contributed by atoms with Gasteiger partial charge in [-0.2, -0.15) is 0 Å². The van der Waals surface area contributed by atoms with Crippen molar-refractivity contribution in [1.82, 2.24) is 15.3 Å². The van der Waals surface area contributed by atoms with E-state index in [0.29, 0.717) is 12.3 Å². The number of nitrogens with one attached hydrogen (secondary N) is 1. The van der Waals surface area contributed by atoms with Crippen molar-refractivity contribution in [3.63, 3.8) is 0 Å². The van der Waals surface area contributed by atoms with Crippen molar-refractivity contribution in [3.8, 4) is 10.8 Å². The van der Waals surface area contributed by atoms with Gasteiger partial charge in [-0.15, -0.1) is 11.3 Å². The average molecular weight is 449 g/mol. The fraction of sp³-hybridized carbons (Fsp3) is 0.292. The minimum atomic E-state index is -0.266. The molecule has 1 aliphatic rings. The van der Waals surface area contributed by atoms with Crippen LogP contribution in [0.25, 0.3) is 21.0 Å². The number of furan rings is 1. The number of hydrogen-bond donors (Lipinski definition) is 1. The fourth-order valence-corrected chi connectivity index (χ4v) is 4.82. The van der Waals surface area contributed by atoms with Crippen molar-refractivity contribution in [2.75, 3.05) is 18.0 Å². The lowest BCUT2D eigenvalue weighted by Gasteiger charge is -2.36. The zero-order valence-corrected chi connectivity index (χ0v) is 18.8. The number of morpholine rings is 1. The largest absolute Gasteiger partial charge is 0.448 e. The summed E-state index contributed by atoms with van der Waals surface area (Å²) in [5.74, 6) is 1.52. The van der Waals surface area contributed by atoms with Crippen LogP contribution in [0.1, 0.15) is 30.0 Å². The quantitative estimate of drug-likeness (QED) is 0.484. The van der Waals surface area contributed by atoms with Gasteiger partial charge in [0.1, 0.15) is 5.82 Å². The molecule has 2 unspecified atom stereocenters. The van der Waals surface area contributed by atoms with Crippen molar-refractivity contribution in [2.45, 2.75) is 32.6 Å². The van der Waals surface area contributed by atoms with E-state index in [1.165, 1.54) is 0 Å². The van der Waals surface area contributed by atoms with Crippen LogP contribution < -0.4 is 10.2 Å². The summed E-state index contributed by atoms with van der Waals surface area (Å²) in [5.41, 5.74) is 1.85. The normalized spacial score (nSPS) is 18.8. The molecule has 1 amide bonds. The molecule has 1 saturated heterocycles. The van der Waals surface area contributed by atoms with Gasteiger partial charge in [0, 0.05) is 25.8 Å². The minimum absolute atomic E-state index is 0.181. The zero-order valence-electron chi connectivity index (χ0n) is 17.9. The lowest BCUT2D eigenvalue weighted by atomic mass is 10.2. The van der Waals surface area contributed by atoms with Gasteiger partial charge >= 0.3 is 0 Å². The highest BCUT2D eigenvalue weighted by Crippen LogP contribution is 2.31. The molecule has 0 radical (unpaired) electrons. The molecule has 4 aromatic rings. The first-order chi connectivity index (χ1) is 15.5. The van der Waals surface area contributed by atoms with Gasteiger partial charge in [0.2, 0.25) is 0 Å². The van der Waals surface area contributed by atoms with Gasteiger partial charge in [-0.05, 0) is 49.7 Å². The maximum absolute atomic E-state index is 12.6. The average Bonchev–Trinajstić information content (AvgIpc) is 3.44. The van der Waals surface area contributed by atoms with E-state index in [1.54, 1.807) is 29.7 Å². The Morgan fingerprint density at radius 2 is 1.94 bits per heavy atom. The maximum atomic E-state index is 12.6. The van der Waals surface area contributed by atoms with E-state index in [1.807, 2.05) is 36.4 Å². The van der Waals surface area contributed by atoms with E-state index in [4.69, 9.17) is 9.15 Å². The molecule has 0 saturated carbocycles. The van der Waals surface area contributed by atoms with Crippen LogP contribution >= 0.6 is 11.3 Å². The number of rotatable bonds is 5. The maximum Gasteiger partial charge on any atom is 0.287 e. The van der Waals surface area contributed by atoms with Crippen LogP contribution in [0.5, 0.6) is 0 Å². The first-order valence-electron chi connectivity index (χ1n) is 10.6. The Balaban J connectivity index is 1.20. The summed E-state index contributed by atoms with van der Waals surface area (Å²) in [6.45, 7) is 6.16. The lowest BCUT2D eigenvalue weighted by Crippen LogP contribution is -2.45. The van der Waals surface area contributed by atoms with E-state index in [-0.39, 0.29) is 23.9 Å². The smallest absolute Gasteiger partial charge is 0.287 e. The van der Waals surface area contributed by atoms with E-state index in [9.17, 15) is 4.79 Å². The molecule has 4 heterocycles. The number of hydrogen-bond acceptors (Lipinski definition) is 7. The number of pyridine rings is 1. The number of ether oxygens (including phenoxy) is 1. The van der Waals surface area contributed by atoms with Gasteiger partial charge in [0.15, 0.2) is 16.5 Å². The van der Waals surface area contributed by atoms with E-state index < -0.39 is 0 Å². The van der Waals surface area contributed by atoms with Crippen molar-refractivity contribution >= 4 is 33.3 Å². The molecule has 3 aromatic heterocycles. The topological polar surface area (TPSA) is 80.5 Å². The van der Waals surface area contributed by atoms with Gasteiger partial charge in [-0.1, -0.05) is 18.2 Å². The third-order valence-corrected chi connectivity index (χ3v) is 6.39. The molecule has 0 spiro atoms. The van der Waals surface area contributed by atoms with Crippen molar-refractivity contribution in [1.29, 1.82) is 0 Å². The van der Waals surface area contributed by atoms with Crippen molar-refractivity contribution < 1.29 is 13.9 Å². The van der Waals surface area contributed by atoms with Crippen LogP contribution in [-0.2, 0) is 11.3 Å². The second-order valence-corrected chi connectivity index (χ2v) is 9.05. The van der Waals surface area contributed by atoms with Crippen LogP contribution in [0.4, 0.5) is 5.82 Å². The predicted octanol–water partition coefficient (Wildman–Crippen LogP) is 4.49. The van der Waals surface area contributed by atoms with Crippen LogP contribution in [-0.4, -0.2) is 41.2 Å². The van der Waals surface area contributed by atoms with Gasteiger partial charge in [0.25, 0.3) is 5.91 Å². The first kappa shape index (κ1) is 20.7. The molecule has 7 nitrogen and oxygen atoms in total. The highest BCUT2D eigenvalue weighted by molar-refractivity contribution is 7.21. The molecular weight excluding hydrogens is 424 g/mol. The Morgan fingerprint density at radius 1 is 1.12 bits per heavy atom. The molecule has 1 aliphatic heterocycles. The van der Waals surface area contributed by atoms with Crippen LogP contribution in [0.2, 0.25) is 0 Å². The monoisotopic (exact) mass is 448 g/mol. The summed E-state index contributed by atoms with van der Waals surface area (Å²) in [5, 5.41) is 3.66. The third-order valence-electron chi connectivity index (χ3n) is 5.34. The summed E-state index contributed by atoms with van der Waals surface area (Å²) in [7, 11) is 0. The Morgan fingerprint density at radius 3 is 2.69 bits per heavy atom. The minimum Gasteiger partial charge on any atom is -0.448 e. The molecule has 2 atom stereocenters. The summed E-state index contributed by atoms with van der Waals surface area (Å²) < 4.78 is 12.6. The molecule has 8 heteroatoms. The number of aromatic nitrogens is 2. The molecule has 1 aromatic carbocycles. The van der Waals surface area contributed by atoms with Crippen LogP contribution in [0, 0.1) is 0 Å². The van der Waals surface area contributed by atoms with Crippen LogP contribution in [0.3, 0.4) is 0 Å². The highest BCUT2D eigenvalue weighted by atomic mass is 32.1. The summed E-state index contributed by atoms with van der Waals surface area (Å²) in [4.78, 5) is 23.9. The number of fused-ring (bicyclic) bond motifs is 1. The SMILES string of the molecule is CC1CN(c2ccc(CNC(=O)c3ccc(-c4nc5ccccc5s4)o3)cn2)CC(C)O1. The standard InChI is InChI=1S/C24H24N4O3S/c1-15-13-28(14-16(2)30-15)22-10-7-17(11-25-22)12-26-23(29)19-8-9-20(31-19)24-27-18-5-3-4-6-21(18)32-24/h3-11,15-16H,12-14H2,1-2H3,(H,26,29). The number of carbonyl (C=O) groups is 1. The second-order valence-electron chi connectivity index (χ2n) is 8.02. The molecule has 1 N–H and O–H groups in total. The Kier molecular flexibility index (Phi) is 5.63. The number of thiazole rings is 1. The van der Waals surface area contributed by atoms with Crippen molar-refractivity contribution in [2.24, 2.45) is 0 Å². The summed E-state index contributed by atoms with van der Waals surface area (Å²) in [6, 6.07) is 15.4. The fourth-order valence-electron chi connectivity index (χ4n) is 3.90. The molecule has 164 valence electrons. The number of nitrogens with zero attached hydrogens (tertiary/aromatic N) is 3. The third kappa shape index (κ3) is 4.37. The second kappa shape index (κ2) is 8.72. The Bertz CT molecular complexity index is 1190. The number of carbonyl (C=O) groups excluding carboxylic acids is 1. The van der Waals surface area contributed by atoms with E-state index in [0.717, 1.165) is 39.7 Å². The van der Waals surface area contributed by atoms with Gasteiger partial charge in [0.05, 0.1) is 22.4 Å². The summed E-state index contributed by atoms with van der Waals surface area (Å²) in [6.07, 6.45) is 2.16. The van der Waals surface area contributed by atoms with Crippen LogP contribution in [0.15, 0.2) is 59.1 Å². The number of para-hydroxylation sites is 1. The molecule has 0 aliphatic carbocycles. The van der Waals surface area contributed by atoms with Gasteiger partial charge < -0.3 is 19.4 Å². The Labute approximate surface area is 190 Å². The number of benzene rings is 1. The first-order valence-corrected chi connectivity index (χ1v) is 11.5. The molecule has 0 bridgehead atoms. The molecule has 1 fully saturated rings. The summed E-state index contributed by atoms with van der Waals surface area (Å²) >= 11 is 1.54. The number of amides is 1. The molecule has 32 heavy (non-hydrogen) atoms. The predicted molar refractivity (Wildman–Crippen MR) is 125 cm³/mol. The van der Waals surface area contributed by atoms with E-state index in [2.05, 4.69) is 34.0 Å². The van der Waals surface area contributed by atoms with Gasteiger partial charge in [-0.25, -0.2) is 9.97 Å². The van der Waals surface area contributed by atoms with Gasteiger partial charge in [-0.3, -0.25) is 4.79 Å². The molecule has 5 rings (SSSR count). The van der Waals surface area contributed by atoms with E-state index >= 15 is 0 Å². The zero-order chi connectivity index (χ0) is 22.1.